The van der Waals surface area contributed by atoms with E-state index in [4.69, 9.17) is 37.4 Å². The second kappa shape index (κ2) is 15.7. The van der Waals surface area contributed by atoms with Gasteiger partial charge in [-0.15, -0.1) is 0 Å². The molecule has 0 bridgehead atoms. The Labute approximate surface area is 355 Å². The number of hydrogen-bond donors (Lipinski definition) is 3. The highest BCUT2D eigenvalue weighted by Crippen LogP contribution is 2.72. The number of aliphatic hydroxyl groups excluding tert-OH is 1. The number of fused-ring (bicyclic) bond motifs is 6. The van der Waals surface area contributed by atoms with Crippen LogP contribution in [0.15, 0.2) is 22.8 Å². The first kappa shape index (κ1) is 44.4. The van der Waals surface area contributed by atoms with Gasteiger partial charge in [-0.25, -0.2) is 9.59 Å². The molecule has 2 aromatic rings. The van der Waals surface area contributed by atoms with E-state index in [1.807, 2.05) is 11.1 Å². The second-order valence-electron chi connectivity index (χ2n) is 19.5. The molecule has 8 nitrogen and oxygen atoms in total. The summed E-state index contributed by atoms with van der Waals surface area (Å²) >= 11 is 12.2. The van der Waals surface area contributed by atoms with Crippen molar-refractivity contribution in [1.29, 1.82) is 0 Å². The normalized spacial score (nSPS) is 29.8. The number of esters is 2. The number of aromatic hydroxyl groups is 2. The highest BCUT2D eigenvalue weighted by Gasteiger charge is 2.63. The predicted molar refractivity (Wildman–Crippen MR) is 230 cm³/mol. The van der Waals surface area contributed by atoms with E-state index >= 15 is 0 Å². The average Bonchev–Trinajstić information content (AvgIpc) is 3.34. The number of carbonyl (C=O) groups is 2. The summed E-state index contributed by atoms with van der Waals surface area (Å²) in [5, 5.41) is 30.9. The Bertz CT molecular complexity index is 2090. The molecule has 1 heterocycles. The van der Waals surface area contributed by atoms with Gasteiger partial charge in [-0.05, 0) is 144 Å². The Hall–Kier alpha value is -3.20. The third kappa shape index (κ3) is 6.76. The van der Waals surface area contributed by atoms with Gasteiger partial charge in [0.2, 0.25) is 0 Å². The van der Waals surface area contributed by atoms with Crippen molar-refractivity contribution in [3.63, 3.8) is 0 Å². The summed E-state index contributed by atoms with van der Waals surface area (Å²) < 4.78 is 15.9. The molecule has 0 aromatic heterocycles. The summed E-state index contributed by atoms with van der Waals surface area (Å²) in [5.41, 5.74) is 6.67. The summed E-state index contributed by atoms with van der Waals surface area (Å²) in [6, 6.07) is 0. The molecule has 318 valence electrons. The molecule has 7 rings (SSSR count). The maximum Gasteiger partial charge on any atom is 0.347 e. The van der Waals surface area contributed by atoms with Crippen molar-refractivity contribution in [2.45, 2.75) is 146 Å². The molecule has 2 fully saturated rings. The van der Waals surface area contributed by atoms with Gasteiger partial charge in [0.25, 0.3) is 0 Å². The zero-order chi connectivity index (χ0) is 43.0. The van der Waals surface area contributed by atoms with Gasteiger partial charge in [0.05, 0.1) is 18.2 Å². The summed E-state index contributed by atoms with van der Waals surface area (Å²) in [7, 11) is 1.17. The van der Waals surface area contributed by atoms with Crippen molar-refractivity contribution in [3.05, 3.63) is 60.7 Å². The first-order valence-electron chi connectivity index (χ1n) is 21.1. The molecule has 5 aliphatic rings. The minimum atomic E-state index is -0.835. The van der Waals surface area contributed by atoms with Gasteiger partial charge in [0, 0.05) is 11.1 Å². The molecule has 58 heavy (non-hydrogen) atoms. The van der Waals surface area contributed by atoms with E-state index in [-0.39, 0.29) is 66.6 Å². The van der Waals surface area contributed by atoms with Crippen molar-refractivity contribution < 1.29 is 39.1 Å². The second-order valence-corrected chi connectivity index (χ2v) is 20.2. The lowest BCUT2D eigenvalue weighted by atomic mass is 9.43. The number of aliphatic hydroxyl groups is 1. The maximum absolute atomic E-state index is 12.7. The van der Waals surface area contributed by atoms with Crippen molar-refractivity contribution in [1.82, 2.24) is 0 Å². The van der Waals surface area contributed by atoms with E-state index in [1.165, 1.54) is 91.2 Å². The molecular weight excluding hydrogens is 775 g/mol. The fraction of sp³-hybridized carbons (Fsp3) is 0.625. The number of halogens is 2. The molecule has 2 aromatic carbocycles. The van der Waals surface area contributed by atoms with Crippen LogP contribution in [0.2, 0.25) is 10.0 Å². The number of hydrogen-bond acceptors (Lipinski definition) is 8. The Morgan fingerprint density at radius 2 is 1.52 bits per heavy atom. The molecule has 1 aliphatic heterocycles. The molecule has 7 atom stereocenters. The highest BCUT2D eigenvalue weighted by atomic mass is 35.5. The molecule has 0 amide bonds. The van der Waals surface area contributed by atoms with Crippen LogP contribution < -0.4 is 9.47 Å². The lowest BCUT2D eigenvalue weighted by molar-refractivity contribution is -0.0962. The number of allylic oxidation sites excluding steroid dienone is 4. The van der Waals surface area contributed by atoms with Crippen LogP contribution >= 0.6 is 23.2 Å². The van der Waals surface area contributed by atoms with Crippen molar-refractivity contribution in [2.75, 3.05) is 7.11 Å². The minimum absolute atomic E-state index is 0.0131. The molecule has 0 spiro atoms. The molecule has 10 heteroatoms. The zero-order valence-electron chi connectivity index (χ0n) is 36.6. The van der Waals surface area contributed by atoms with Gasteiger partial charge in [0.1, 0.15) is 21.9 Å². The Balaban J connectivity index is 0.000000198. The largest absolute Gasteiger partial charge is 0.507 e. The Kier molecular flexibility index (Phi) is 12.0. The van der Waals surface area contributed by atoms with E-state index in [0.29, 0.717) is 22.2 Å². The fourth-order valence-electron chi connectivity index (χ4n) is 12.3. The molecule has 3 N–H and O–H groups in total. The van der Waals surface area contributed by atoms with E-state index in [9.17, 15) is 24.9 Å². The average molecular weight is 840 g/mol. The number of methoxy groups -OCH3 is 1. The molecule has 0 saturated heterocycles. The lowest BCUT2D eigenvalue weighted by Gasteiger charge is -2.62. The van der Waals surface area contributed by atoms with Crippen LogP contribution in [-0.2, 0) is 4.74 Å². The number of ether oxygens (including phenoxy) is 3. The van der Waals surface area contributed by atoms with E-state index in [0.717, 1.165) is 18.3 Å². The van der Waals surface area contributed by atoms with E-state index < -0.39 is 23.4 Å². The summed E-state index contributed by atoms with van der Waals surface area (Å²) in [5.74, 6) is -0.414. The van der Waals surface area contributed by atoms with Crippen molar-refractivity contribution in [2.24, 2.45) is 39.4 Å². The van der Waals surface area contributed by atoms with E-state index in [2.05, 4.69) is 61.5 Å². The third-order valence-corrected chi connectivity index (χ3v) is 16.9. The summed E-state index contributed by atoms with van der Waals surface area (Å²) in [6.07, 6.45) is 15.2. The van der Waals surface area contributed by atoms with Crippen molar-refractivity contribution in [3.8, 4) is 28.7 Å². The minimum Gasteiger partial charge on any atom is -0.507 e. The highest BCUT2D eigenvalue weighted by molar-refractivity contribution is 6.39. The van der Waals surface area contributed by atoms with Crippen molar-refractivity contribution >= 4 is 35.1 Å². The summed E-state index contributed by atoms with van der Waals surface area (Å²) in [4.78, 5) is 24.8. The first-order valence-corrected chi connectivity index (χ1v) is 21.8. The third-order valence-electron chi connectivity index (χ3n) is 16.0. The fourth-order valence-corrected chi connectivity index (χ4v) is 12.8. The number of phenols is 2. The van der Waals surface area contributed by atoms with Gasteiger partial charge in [-0.3, -0.25) is 0 Å². The van der Waals surface area contributed by atoms with Crippen LogP contribution in [0.5, 0.6) is 28.7 Å². The lowest BCUT2D eigenvalue weighted by Crippen LogP contribution is -2.55. The number of carbonyl (C=O) groups excluding carboxylic acids is 2. The Morgan fingerprint density at radius 3 is 2.16 bits per heavy atom. The Morgan fingerprint density at radius 1 is 0.862 bits per heavy atom. The van der Waals surface area contributed by atoms with Crippen LogP contribution in [0.1, 0.15) is 157 Å². The van der Waals surface area contributed by atoms with Gasteiger partial charge >= 0.3 is 11.9 Å². The number of benzene rings is 2. The zero-order valence-corrected chi connectivity index (χ0v) is 38.1. The monoisotopic (exact) mass is 838 g/mol. The molecular formula is C48H64Cl2O8. The van der Waals surface area contributed by atoms with Crippen LogP contribution in [0.3, 0.4) is 0 Å². The van der Waals surface area contributed by atoms with E-state index in [1.54, 1.807) is 0 Å². The van der Waals surface area contributed by atoms with Crippen LogP contribution in [0.4, 0.5) is 0 Å². The standard InChI is InChI=1S/C30H50O.C18H14Cl2O7/c1-20(2)10-9-11-21(3)22-14-18-30(8)24-12-13-25-27(4,5)26(31)16-17-28(25,6)23(24)15-19-29(22,30)7;1-5-9-16(11(20)13(22)10(5)19)26-14-6(2)8(17(23)25-4)12(21)7(3)15(14)27-18(9)24/h10,21-22,25-26,31H,9,11-19H2,1-8H3;21-22H,1-4H3. The number of rotatable bonds is 5. The SMILES string of the molecule is CC(C)=CCCC(C)C1CCC2(C)C3=C(CCC12C)C1(C)CCC(O)C(C)(C)C1CC3.COC(=O)c1c(C)c2c(c(C)c1O)OC(=O)c1c(C)c(Cl)c(O)c(Cl)c1O2. The van der Waals surface area contributed by atoms with Gasteiger partial charge in [-0.2, -0.15) is 0 Å². The quantitative estimate of drug-likeness (QED) is 0.155. The topological polar surface area (TPSA) is 123 Å². The van der Waals surface area contributed by atoms with Gasteiger partial charge in [-0.1, -0.05) is 87.5 Å². The molecule has 7 unspecified atom stereocenters. The van der Waals surface area contributed by atoms with Crippen LogP contribution in [0.25, 0.3) is 0 Å². The van der Waals surface area contributed by atoms with Gasteiger partial charge in [0.15, 0.2) is 23.0 Å². The molecule has 4 aliphatic carbocycles. The van der Waals surface area contributed by atoms with Crippen LogP contribution in [-0.4, -0.2) is 40.5 Å². The number of phenolic OH excluding ortho intramolecular Hbond substituents is 2. The first-order chi connectivity index (χ1) is 27.0. The smallest absolute Gasteiger partial charge is 0.347 e. The summed E-state index contributed by atoms with van der Waals surface area (Å²) in [6.45, 7) is 24.1. The maximum atomic E-state index is 12.7. The predicted octanol–water partition coefficient (Wildman–Crippen LogP) is 12.9. The molecule has 0 radical (unpaired) electrons. The molecule has 2 saturated carbocycles. The van der Waals surface area contributed by atoms with Gasteiger partial charge < -0.3 is 29.5 Å². The van der Waals surface area contributed by atoms with Crippen LogP contribution in [0, 0.1) is 60.2 Å².